The zero-order chi connectivity index (χ0) is 60.5. The molecule has 21 heteroatoms. The molecular weight excluding hydrogens is 1210 g/mol. The van der Waals surface area contributed by atoms with Gasteiger partial charge in [-0.2, -0.15) is 0 Å². The third kappa shape index (κ3) is 21.0. The van der Waals surface area contributed by atoms with E-state index in [-0.39, 0.29) is 19.6 Å². The Morgan fingerprint density at radius 1 is 0.306 bits per heavy atom. The first-order valence-electron chi connectivity index (χ1n) is 29.4. The summed E-state index contributed by atoms with van der Waals surface area (Å²) in [5, 5.41) is 4.82. The van der Waals surface area contributed by atoms with Gasteiger partial charge in [0.1, 0.15) is 0 Å². The van der Waals surface area contributed by atoms with Gasteiger partial charge in [0.2, 0.25) is 0 Å². The Hall–Kier alpha value is -6.26. The quantitative estimate of drug-likeness (QED) is 0.0151. The van der Waals surface area contributed by atoms with Crippen molar-refractivity contribution in [3.8, 4) is 0 Å². The van der Waals surface area contributed by atoms with Gasteiger partial charge in [-0.1, -0.05) is 0 Å². The van der Waals surface area contributed by atoms with Crippen molar-refractivity contribution in [3.05, 3.63) is 191 Å². The van der Waals surface area contributed by atoms with Crippen LogP contribution < -0.4 is 0 Å². The Bertz CT molecular complexity index is 3620. The first-order chi connectivity index (χ1) is 40.5. The summed E-state index contributed by atoms with van der Waals surface area (Å²) in [4.78, 5) is 15.6. The fourth-order valence-corrected chi connectivity index (χ4v) is 30.8. The minimum atomic E-state index is -4.28. The van der Waals surface area contributed by atoms with E-state index < -0.39 is 55.2 Å². The third-order valence-corrected chi connectivity index (χ3v) is 36.9. The SMILES string of the molecule is C1=Cc2cc3ccc(cc4nc(cc5ccc(cc1n2)[nH]5)C=C4)[nH]3.O=S(=O)(O)c1cccc(CCCC[CH2][Zn]([CH2]CCCCc2cccc(S(=O)(=O)O)c2)([CH2]CCCCc2cccc(S(=O)(=O)O)c2)[CH2]CCCCc2cccc(S(=O)(=O)O)c2)c1. The molecule has 0 fully saturated rings. The maximum absolute atomic E-state index is 11.7. The number of hydrogen-bond donors (Lipinski definition) is 6. The molecular formula is C64H74N4O12S4Zn. The maximum atomic E-state index is 11.7. The number of fused-ring (bicyclic) bond motifs is 8. The molecule has 7 aromatic rings. The van der Waals surface area contributed by atoms with Crippen LogP contribution in [-0.4, -0.2) is 71.8 Å². The number of hydrogen-bond acceptors (Lipinski definition) is 10. The van der Waals surface area contributed by atoms with Crippen molar-refractivity contribution in [1.29, 1.82) is 0 Å². The van der Waals surface area contributed by atoms with Gasteiger partial charge in [0, 0.05) is 22.1 Å². The monoisotopic (exact) mass is 1280 g/mol. The predicted molar refractivity (Wildman–Crippen MR) is 333 cm³/mol. The Labute approximate surface area is 502 Å². The number of nitrogens with one attached hydrogen (secondary N) is 2. The third-order valence-electron chi connectivity index (χ3n) is 16.7. The van der Waals surface area contributed by atoms with Crippen LogP contribution in [0.25, 0.3) is 46.4 Å². The predicted octanol–water partition coefficient (Wildman–Crippen LogP) is 15.1. The molecule has 0 radical (unpaired) electrons. The normalized spacial score (nSPS) is 12.6. The van der Waals surface area contributed by atoms with E-state index in [2.05, 4.69) is 44.2 Å². The van der Waals surface area contributed by atoms with Gasteiger partial charge in [-0.25, -0.2) is 9.97 Å². The average molecular weight is 1280 g/mol. The van der Waals surface area contributed by atoms with Crippen molar-refractivity contribution in [2.24, 2.45) is 0 Å². The van der Waals surface area contributed by atoms with Crippen LogP contribution in [0.2, 0.25) is 20.1 Å². The molecule has 16 nitrogen and oxygen atoms in total. The minimum absolute atomic E-state index is 0.107. The molecule has 8 bridgehead atoms. The van der Waals surface area contributed by atoms with Crippen molar-refractivity contribution < 1.29 is 66.7 Å². The van der Waals surface area contributed by atoms with Gasteiger partial charge in [0.25, 0.3) is 0 Å². The molecule has 5 heterocycles. The van der Waals surface area contributed by atoms with Gasteiger partial charge in [0.15, 0.2) is 0 Å². The van der Waals surface area contributed by atoms with Crippen LogP contribution in [0.15, 0.2) is 165 Å². The number of H-pyrrole nitrogens is 2. The van der Waals surface area contributed by atoms with E-state index in [0.717, 1.165) is 144 Å². The van der Waals surface area contributed by atoms with Crippen LogP contribution in [0.3, 0.4) is 0 Å². The summed E-state index contributed by atoms with van der Waals surface area (Å²) in [7, 11) is -17.1. The van der Waals surface area contributed by atoms with Gasteiger partial charge in [-0.05, 0) is 72.8 Å². The Balaban J connectivity index is 0.000000320. The summed E-state index contributed by atoms with van der Waals surface area (Å²) >= 11 is -3.00. The molecule has 2 aliphatic rings. The first-order valence-corrected chi connectivity index (χ1v) is 43.6. The van der Waals surface area contributed by atoms with Gasteiger partial charge >= 0.3 is 369 Å². The molecule has 2 aliphatic heterocycles. The molecule has 9 rings (SSSR count). The Morgan fingerprint density at radius 2 is 0.541 bits per heavy atom. The van der Waals surface area contributed by atoms with Gasteiger partial charge in [0.05, 0.1) is 22.8 Å². The molecule has 85 heavy (non-hydrogen) atoms. The molecule has 448 valence electrons. The molecule has 0 spiro atoms. The van der Waals surface area contributed by atoms with Crippen molar-refractivity contribution in [1.82, 2.24) is 19.9 Å². The van der Waals surface area contributed by atoms with Gasteiger partial charge in [-0.3, -0.25) is 0 Å². The molecule has 0 amide bonds. The van der Waals surface area contributed by atoms with E-state index in [4.69, 9.17) is 0 Å². The second-order valence-electron chi connectivity index (χ2n) is 23.2. The van der Waals surface area contributed by atoms with Crippen LogP contribution in [-0.2, 0) is 80.9 Å². The average Bonchev–Trinajstić information content (AvgIpc) is 4.40. The molecule has 0 atom stereocenters. The summed E-state index contributed by atoms with van der Waals surface area (Å²) in [5.41, 5.74) is 11.3. The number of aryl methyl sites for hydroxylation is 4. The summed E-state index contributed by atoms with van der Waals surface area (Å²) in [6.45, 7) is 0. The number of benzene rings is 4. The van der Waals surface area contributed by atoms with Gasteiger partial charge in [-0.15, -0.1) is 0 Å². The second-order valence-corrected chi connectivity index (χ2v) is 43.7. The van der Waals surface area contributed by atoms with Crippen molar-refractivity contribution >= 4 is 86.8 Å². The van der Waals surface area contributed by atoms with Crippen molar-refractivity contribution in [2.45, 2.75) is 142 Å². The van der Waals surface area contributed by atoms with E-state index in [0.29, 0.717) is 25.7 Å². The number of aromatic nitrogens is 4. The zero-order valence-corrected chi connectivity index (χ0v) is 53.8. The molecule has 0 saturated carbocycles. The Morgan fingerprint density at radius 3 is 0.765 bits per heavy atom. The van der Waals surface area contributed by atoms with Crippen LogP contribution in [0, 0.1) is 0 Å². The number of aromatic amines is 2. The van der Waals surface area contributed by atoms with E-state index in [9.17, 15) is 51.9 Å². The molecule has 3 aromatic heterocycles. The van der Waals surface area contributed by atoms with Crippen LogP contribution in [0.4, 0.5) is 0 Å². The molecule has 6 N–H and O–H groups in total. The number of unbranched alkanes of at least 4 members (excludes halogenated alkanes) is 8. The fraction of sp³-hybridized carbons (Fsp3) is 0.312. The van der Waals surface area contributed by atoms with E-state index in [1.807, 2.05) is 72.8 Å². The van der Waals surface area contributed by atoms with E-state index >= 15 is 0 Å². The van der Waals surface area contributed by atoms with Crippen LogP contribution in [0.5, 0.6) is 0 Å². The van der Waals surface area contributed by atoms with Crippen molar-refractivity contribution in [3.63, 3.8) is 0 Å². The summed E-state index contributed by atoms with van der Waals surface area (Å²) in [5.74, 6) is 0. The summed E-state index contributed by atoms with van der Waals surface area (Å²) in [6, 6.07) is 42.0. The number of rotatable bonds is 28. The zero-order valence-electron chi connectivity index (χ0n) is 47.6. The molecule has 0 saturated heterocycles. The molecule has 0 aliphatic carbocycles. The first kappa shape index (κ1) is 64.7. The Kier molecular flexibility index (Phi) is 22.8. The standard InChI is InChI=1S/C20H14N4.4C11H15O3S.Zn/c1-2-14-10-16-5-6-18(23-16)12-20-8-7-19(24-20)11-17-4-3-15(22-17)9-13(1)21-14;4*1-2-3-4-6-10-7-5-8-11(9-10)15(12,13)14;/h1-12,21,24H;4*5,7-9H,1-4,6H2,(H,12,13,14);. The second kappa shape index (κ2) is 29.9. The van der Waals surface area contributed by atoms with E-state index in [1.54, 1.807) is 24.3 Å². The summed E-state index contributed by atoms with van der Waals surface area (Å²) < 4.78 is 132. The topological polar surface area (TPSA) is 275 Å². The summed E-state index contributed by atoms with van der Waals surface area (Å²) in [6.07, 6.45) is 22.6. The van der Waals surface area contributed by atoms with E-state index in [1.165, 1.54) is 68.6 Å². The molecule has 0 unspecified atom stereocenters. The van der Waals surface area contributed by atoms with Gasteiger partial charge < -0.3 is 9.97 Å². The van der Waals surface area contributed by atoms with Crippen LogP contribution >= 0.6 is 0 Å². The van der Waals surface area contributed by atoms with Crippen molar-refractivity contribution in [2.75, 3.05) is 0 Å². The fourth-order valence-electron chi connectivity index (χ4n) is 12.3. The molecule has 4 aromatic carbocycles. The van der Waals surface area contributed by atoms with Crippen LogP contribution in [0.1, 0.15) is 122 Å². The number of nitrogens with zero attached hydrogens (tertiary/aromatic N) is 2.